The Morgan fingerprint density at radius 1 is 1.19 bits per heavy atom. The van der Waals surface area contributed by atoms with Crippen LogP contribution in [0.4, 0.5) is 0 Å². The Morgan fingerprint density at radius 3 is 2.46 bits per heavy atom. The lowest BCUT2D eigenvalue weighted by atomic mass is 9.92. The molecular weight excluding hydrogens is 344 g/mol. The summed E-state index contributed by atoms with van der Waals surface area (Å²) >= 11 is 1.51. The number of carbonyl (C=O) groups is 1. The van der Waals surface area contributed by atoms with Crippen molar-refractivity contribution in [3.05, 3.63) is 30.3 Å². The van der Waals surface area contributed by atoms with Gasteiger partial charge < -0.3 is 9.47 Å². The average Bonchev–Trinajstić information content (AvgIpc) is 3.03. The van der Waals surface area contributed by atoms with E-state index in [1.807, 2.05) is 42.2 Å². The number of aromatic nitrogens is 3. The number of nitrogens with zero attached hydrogens (tertiary/aromatic N) is 4. The Kier molecular flexibility index (Phi) is 6.01. The van der Waals surface area contributed by atoms with E-state index in [1.165, 1.54) is 18.2 Å². The van der Waals surface area contributed by atoms with Crippen molar-refractivity contribution >= 4 is 17.7 Å². The summed E-state index contributed by atoms with van der Waals surface area (Å²) in [5.74, 6) is 2.21. The molecule has 0 bridgehead atoms. The highest BCUT2D eigenvalue weighted by Crippen LogP contribution is 2.29. The van der Waals surface area contributed by atoms with Crippen molar-refractivity contribution in [2.24, 2.45) is 11.8 Å². The molecule has 0 radical (unpaired) electrons. The number of amides is 1. The molecule has 26 heavy (non-hydrogen) atoms. The van der Waals surface area contributed by atoms with Crippen LogP contribution in [0.15, 0.2) is 35.5 Å². The molecule has 3 rings (SSSR count). The molecule has 1 amide bonds. The Balaban J connectivity index is 1.74. The molecule has 1 aromatic heterocycles. The minimum Gasteiger partial charge on any atom is -0.341 e. The van der Waals surface area contributed by atoms with Gasteiger partial charge in [0.2, 0.25) is 5.91 Å². The lowest BCUT2D eigenvalue weighted by Crippen LogP contribution is -2.45. The number of benzene rings is 1. The molecule has 1 aliphatic heterocycles. The van der Waals surface area contributed by atoms with Gasteiger partial charge in [-0.25, -0.2) is 0 Å². The maximum absolute atomic E-state index is 12.9. The fourth-order valence-corrected chi connectivity index (χ4v) is 4.77. The smallest absolute Gasteiger partial charge is 0.235 e. The van der Waals surface area contributed by atoms with E-state index in [2.05, 4.69) is 35.5 Å². The molecule has 0 saturated carbocycles. The van der Waals surface area contributed by atoms with Crippen LogP contribution >= 0.6 is 11.8 Å². The van der Waals surface area contributed by atoms with E-state index in [0.717, 1.165) is 36.2 Å². The fourth-order valence-electron chi connectivity index (χ4n) is 3.77. The van der Waals surface area contributed by atoms with Crippen LogP contribution in [-0.2, 0) is 11.3 Å². The Labute approximate surface area is 160 Å². The maximum atomic E-state index is 12.9. The Bertz CT molecular complexity index is 736. The molecular formula is C20H28N4OS. The Hall–Kier alpha value is -1.82. The van der Waals surface area contributed by atoms with E-state index >= 15 is 0 Å². The SMILES string of the molecule is CCn1c(S[C@H](C)C(=O)N2C[C@@H](C)C[C@H](C)C2)nnc1-c1ccccc1. The molecule has 0 spiro atoms. The van der Waals surface area contributed by atoms with Gasteiger partial charge in [-0.3, -0.25) is 4.79 Å². The van der Waals surface area contributed by atoms with Gasteiger partial charge in [-0.1, -0.05) is 55.9 Å². The molecule has 3 atom stereocenters. The van der Waals surface area contributed by atoms with Crippen LogP contribution in [0.5, 0.6) is 0 Å². The van der Waals surface area contributed by atoms with Crippen LogP contribution in [0.3, 0.4) is 0 Å². The number of rotatable bonds is 5. The predicted molar refractivity (Wildman–Crippen MR) is 106 cm³/mol. The van der Waals surface area contributed by atoms with Crippen LogP contribution in [0.25, 0.3) is 11.4 Å². The molecule has 1 aromatic carbocycles. The summed E-state index contributed by atoms with van der Waals surface area (Å²) in [6.07, 6.45) is 1.20. The number of hydrogen-bond donors (Lipinski definition) is 0. The van der Waals surface area contributed by atoms with Crippen molar-refractivity contribution in [1.29, 1.82) is 0 Å². The topological polar surface area (TPSA) is 51.0 Å². The summed E-state index contributed by atoms with van der Waals surface area (Å²) in [4.78, 5) is 14.9. The van der Waals surface area contributed by atoms with Gasteiger partial charge >= 0.3 is 0 Å². The fraction of sp³-hybridized carbons (Fsp3) is 0.550. The molecule has 1 fully saturated rings. The number of hydrogen-bond acceptors (Lipinski definition) is 4. The van der Waals surface area contributed by atoms with Crippen molar-refractivity contribution in [2.45, 2.75) is 51.1 Å². The normalized spacial score (nSPS) is 21.6. The van der Waals surface area contributed by atoms with Gasteiger partial charge in [0.25, 0.3) is 0 Å². The molecule has 6 heteroatoms. The zero-order chi connectivity index (χ0) is 18.7. The van der Waals surface area contributed by atoms with Crippen LogP contribution in [0.2, 0.25) is 0 Å². The monoisotopic (exact) mass is 372 g/mol. The maximum Gasteiger partial charge on any atom is 0.235 e. The molecule has 2 heterocycles. The quantitative estimate of drug-likeness (QED) is 0.746. The van der Waals surface area contributed by atoms with E-state index in [1.54, 1.807) is 0 Å². The minimum atomic E-state index is -0.161. The second kappa shape index (κ2) is 8.25. The average molecular weight is 373 g/mol. The molecule has 5 nitrogen and oxygen atoms in total. The summed E-state index contributed by atoms with van der Waals surface area (Å²) in [5, 5.41) is 9.39. The minimum absolute atomic E-state index is 0.161. The summed E-state index contributed by atoms with van der Waals surface area (Å²) in [6, 6.07) is 10.1. The number of thioether (sulfide) groups is 1. The molecule has 0 N–H and O–H groups in total. The number of likely N-dealkylation sites (tertiary alicyclic amines) is 1. The Morgan fingerprint density at radius 2 is 1.85 bits per heavy atom. The standard InChI is InChI=1S/C20H28N4OS/c1-5-24-18(17-9-7-6-8-10-17)21-22-20(24)26-16(4)19(25)23-12-14(2)11-15(3)13-23/h6-10,14-16H,5,11-13H2,1-4H3/t14-,15-,16+/m0/s1. The van der Waals surface area contributed by atoms with E-state index in [-0.39, 0.29) is 11.2 Å². The van der Waals surface area contributed by atoms with E-state index in [0.29, 0.717) is 11.8 Å². The molecule has 1 saturated heterocycles. The molecule has 0 unspecified atom stereocenters. The summed E-state index contributed by atoms with van der Waals surface area (Å²) in [6.45, 7) is 11.0. The summed E-state index contributed by atoms with van der Waals surface area (Å²) in [7, 11) is 0. The second-order valence-corrected chi connectivity index (χ2v) is 8.67. The van der Waals surface area contributed by atoms with Gasteiger partial charge in [0.05, 0.1) is 5.25 Å². The zero-order valence-electron chi connectivity index (χ0n) is 16.1. The van der Waals surface area contributed by atoms with Crippen molar-refractivity contribution < 1.29 is 4.79 Å². The van der Waals surface area contributed by atoms with Crippen molar-refractivity contribution in [3.8, 4) is 11.4 Å². The number of piperidine rings is 1. The summed E-state index contributed by atoms with van der Waals surface area (Å²) < 4.78 is 2.09. The predicted octanol–water partition coefficient (Wildman–Crippen LogP) is 3.95. The van der Waals surface area contributed by atoms with Crippen LogP contribution < -0.4 is 0 Å². The van der Waals surface area contributed by atoms with Gasteiger partial charge in [0.1, 0.15) is 0 Å². The lowest BCUT2D eigenvalue weighted by Gasteiger charge is -2.36. The zero-order valence-corrected chi connectivity index (χ0v) is 16.9. The van der Waals surface area contributed by atoms with Crippen molar-refractivity contribution in [1.82, 2.24) is 19.7 Å². The lowest BCUT2D eigenvalue weighted by molar-refractivity contribution is -0.132. The first-order chi connectivity index (χ1) is 12.5. The molecule has 1 aliphatic rings. The summed E-state index contributed by atoms with van der Waals surface area (Å²) in [5.41, 5.74) is 1.05. The van der Waals surface area contributed by atoms with Crippen LogP contribution in [0, 0.1) is 11.8 Å². The number of carbonyl (C=O) groups excluding carboxylic acids is 1. The second-order valence-electron chi connectivity index (χ2n) is 7.37. The molecule has 2 aromatic rings. The van der Waals surface area contributed by atoms with E-state index in [4.69, 9.17) is 0 Å². The van der Waals surface area contributed by atoms with Gasteiger partial charge in [-0.05, 0) is 32.1 Å². The van der Waals surface area contributed by atoms with Gasteiger partial charge in [-0.15, -0.1) is 10.2 Å². The first-order valence-corrected chi connectivity index (χ1v) is 10.3. The van der Waals surface area contributed by atoms with Crippen molar-refractivity contribution in [3.63, 3.8) is 0 Å². The van der Waals surface area contributed by atoms with Gasteiger partial charge in [-0.2, -0.15) is 0 Å². The third-order valence-electron chi connectivity index (χ3n) is 4.88. The van der Waals surface area contributed by atoms with E-state index in [9.17, 15) is 4.79 Å². The first-order valence-electron chi connectivity index (χ1n) is 9.43. The first kappa shape index (κ1) is 19.0. The van der Waals surface area contributed by atoms with Crippen LogP contribution in [-0.4, -0.2) is 43.9 Å². The highest BCUT2D eigenvalue weighted by Gasteiger charge is 2.29. The van der Waals surface area contributed by atoms with E-state index < -0.39 is 0 Å². The highest BCUT2D eigenvalue weighted by atomic mass is 32.2. The van der Waals surface area contributed by atoms with Crippen LogP contribution in [0.1, 0.15) is 34.1 Å². The largest absolute Gasteiger partial charge is 0.341 e. The van der Waals surface area contributed by atoms with Crippen molar-refractivity contribution in [2.75, 3.05) is 13.1 Å². The van der Waals surface area contributed by atoms with Gasteiger partial charge in [0.15, 0.2) is 11.0 Å². The third-order valence-corrected chi connectivity index (χ3v) is 5.94. The molecule has 0 aliphatic carbocycles. The molecule has 140 valence electrons. The third kappa shape index (κ3) is 4.11. The van der Waals surface area contributed by atoms with Gasteiger partial charge in [0, 0.05) is 25.2 Å². The highest BCUT2D eigenvalue weighted by molar-refractivity contribution is 8.00.